The minimum Gasteiger partial charge on any atom is -0.355 e. The fourth-order valence-corrected chi connectivity index (χ4v) is 1.36. The smallest absolute Gasteiger partial charge is 0.270 e. The number of benzene rings is 1. The number of nitrogens with one attached hydrogen (secondary N) is 1. The number of rotatable bonds is 2. The SMILES string of the molecule is CNC(=O)c1cc([N+](=O)[O-])ccc1Br. The molecule has 0 radical (unpaired) electrons. The molecule has 0 aliphatic rings. The highest BCUT2D eigenvalue weighted by molar-refractivity contribution is 9.10. The van der Waals surface area contributed by atoms with Gasteiger partial charge in [0.1, 0.15) is 0 Å². The molecule has 1 amide bonds. The minimum absolute atomic E-state index is 0.105. The largest absolute Gasteiger partial charge is 0.355 e. The van der Waals surface area contributed by atoms with Crippen molar-refractivity contribution < 1.29 is 9.72 Å². The Morgan fingerprint density at radius 2 is 2.21 bits per heavy atom. The van der Waals surface area contributed by atoms with Gasteiger partial charge in [0.05, 0.1) is 10.5 Å². The average Bonchev–Trinajstić information content (AvgIpc) is 2.17. The number of nitro groups is 1. The van der Waals surface area contributed by atoms with Crippen LogP contribution in [-0.4, -0.2) is 17.9 Å². The molecule has 0 aromatic heterocycles. The van der Waals surface area contributed by atoms with Gasteiger partial charge in [-0.1, -0.05) is 0 Å². The Morgan fingerprint density at radius 3 is 2.71 bits per heavy atom. The second-order valence-electron chi connectivity index (χ2n) is 2.50. The summed E-state index contributed by atoms with van der Waals surface area (Å²) < 4.78 is 0.530. The maximum atomic E-state index is 11.2. The number of nitrogens with zero attached hydrogens (tertiary/aromatic N) is 1. The molecule has 0 unspecified atom stereocenters. The van der Waals surface area contributed by atoms with Crippen LogP contribution >= 0.6 is 15.9 Å². The van der Waals surface area contributed by atoms with Crippen molar-refractivity contribution >= 4 is 27.5 Å². The summed E-state index contributed by atoms with van der Waals surface area (Å²) >= 11 is 3.14. The first-order chi connectivity index (χ1) is 6.56. The van der Waals surface area contributed by atoms with E-state index in [1.807, 2.05) is 0 Å². The highest BCUT2D eigenvalue weighted by atomic mass is 79.9. The molecule has 0 aliphatic carbocycles. The van der Waals surface area contributed by atoms with Gasteiger partial charge in [0.2, 0.25) is 0 Å². The predicted molar refractivity (Wildman–Crippen MR) is 54.2 cm³/mol. The summed E-state index contributed by atoms with van der Waals surface area (Å²) in [6.07, 6.45) is 0. The summed E-state index contributed by atoms with van der Waals surface area (Å²) in [5.74, 6) is -0.361. The van der Waals surface area contributed by atoms with Gasteiger partial charge in [0.15, 0.2) is 0 Å². The van der Waals surface area contributed by atoms with Gasteiger partial charge in [-0.05, 0) is 22.0 Å². The van der Waals surface area contributed by atoms with Crippen LogP contribution in [0.25, 0.3) is 0 Å². The molecule has 0 bridgehead atoms. The van der Waals surface area contributed by atoms with Crippen LogP contribution in [-0.2, 0) is 0 Å². The maximum Gasteiger partial charge on any atom is 0.270 e. The van der Waals surface area contributed by atoms with Crippen LogP contribution in [0, 0.1) is 10.1 Å². The Kier molecular flexibility index (Phi) is 3.19. The van der Waals surface area contributed by atoms with Crippen molar-refractivity contribution in [1.82, 2.24) is 5.32 Å². The number of amides is 1. The number of halogens is 1. The van der Waals surface area contributed by atoms with E-state index < -0.39 is 4.92 Å². The molecule has 0 heterocycles. The molecule has 6 heteroatoms. The zero-order valence-electron chi connectivity index (χ0n) is 7.28. The summed E-state index contributed by atoms with van der Waals surface area (Å²) in [5.41, 5.74) is 0.147. The molecule has 1 aromatic rings. The van der Waals surface area contributed by atoms with Gasteiger partial charge in [-0.15, -0.1) is 0 Å². The van der Waals surface area contributed by atoms with E-state index >= 15 is 0 Å². The second-order valence-corrected chi connectivity index (χ2v) is 3.35. The lowest BCUT2D eigenvalue weighted by Crippen LogP contribution is -2.18. The van der Waals surface area contributed by atoms with Crippen molar-refractivity contribution in [3.05, 3.63) is 38.3 Å². The Balaban J connectivity index is 3.21. The number of nitro benzene ring substituents is 1. The molecule has 1 N–H and O–H groups in total. The van der Waals surface area contributed by atoms with E-state index in [4.69, 9.17) is 0 Å². The number of hydrogen-bond acceptors (Lipinski definition) is 3. The van der Waals surface area contributed by atoms with Crippen LogP contribution in [0.2, 0.25) is 0 Å². The fraction of sp³-hybridized carbons (Fsp3) is 0.125. The topological polar surface area (TPSA) is 72.2 Å². The van der Waals surface area contributed by atoms with Crippen molar-refractivity contribution in [3.8, 4) is 0 Å². The Labute approximate surface area is 88.4 Å². The zero-order valence-corrected chi connectivity index (χ0v) is 8.87. The lowest BCUT2D eigenvalue weighted by Gasteiger charge is -2.01. The summed E-state index contributed by atoms with van der Waals surface area (Å²) in [7, 11) is 1.47. The Bertz CT molecular complexity index is 392. The molecule has 0 saturated heterocycles. The first kappa shape index (κ1) is 10.6. The fourth-order valence-electron chi connectivity index (χ4n) is 0.935. The molecule has 0 aliphatic heterocycles. The molecule has 74 valence electrons. The lowest BCUT2D eigenvalue weighted by molar-refractivity contribution is -0.384. The number of hydrogen-bond donors (Lipinski definition) is 1. The second kappa shape index (κ2) is 4.19. The van der Waals surface area contributed by atoms with E-state index in [9.17, 15) is 14.9 Å². The predicted octanol–water partition coefficient (Wildman–Crippen LogP) is 1.72. The van der Waals surface area contributed by atoms with Crippen LogP contribution in [0.5, 0.6) is 0 Å². The molecular formula is C8H7BrN2O3. The van der Waals surface area contributed by atoms with E-state index in [2.05, 4.69) is 21.2 Å². The highest BCUT2D eigenvalue weighted by Crippen LogP contribution is 2.22. The molecule has 0 atom stereocenters. The molecular weight excluding hydrogens is 252 g/mol. The van der Waals surface area contributed by atoms with Crippen molar-refractivity contribution in [2.24, 2.45) is 0 Å². The first-order valence-electron chi connectivity index (χ1n) is 3.72. The molecule has 1 rings (SSSR count). The van der Waals surface area contributed by atoms with E-state index in [1.165, 1.54) is 25.2 Å². The Hall–Kier alpha value is -1.43. The van der Waals surface area contributed by atoms with Gasteiger partial charge in [-0.3, -0.25) is 14.9 Å². The Morgan fingerprint density at radius 1 is 1.57 bits per heavy atom. The molecule has 1 aromatic carbocycles. The monoisotopic (exact) mass is 258 g/mol. The van der Waals surface area contributed by atoms with E-state index in [0.717, 1.165) is 0 Å². The number of carbonyl (C=O) groups is 1. The van der Waals surface area contributed by atoms with E-state index in [1.54, 1.807) is 0 Å². The van der Waals surface area contributed by atoms with Gasteiger partial charge in [-0.2, -0.15) is 0 Å². The molecule has 0 spiro atoms. The average molecular weight is 259 g/mol. The maximum absolute atomic E-state index is 11.2. The summed E-state index contributed by atoms with van der Waals surface area (Å²) in [6, 6.07) is 4.03. The molecule has 0 fully saturated rings. The third-order valence-corrected chi connectivity index (χ3v) is 2.32. The van der Waals surface area contributed by atoms with Crippen molar-refractivity contribution in [2.45, 2.75) is 0 Å². The van der Waals surface area contributed by atoms with Crippen LogP contribution < -0.4 is 5.32 Å². The van der Waals surface area contributed by atoms with Gasteiger partial charge < -0.3 is 5.32 Å². The highest BCUT2D eigenvalue weighted by Gasteiger charge is 2.13. The summed E-state index contributed by atoms with van der Waals surface area (Å²) in [5, 5.41) is 12.8. The third-order valence-electron chi connectivity index (χ3n) is 1.63. The standard InChI is InChI=1S/C8H7BrN2O3/c1-10-8(12)6-4-5(11(13)14)2-3-7(6)9/h2-4H,1H3,(H,10,12). The number of non-ortho nitro benzene ring substituents is 1. The van der Waals surface area contributed by atoms with Crippen molar-refractivity contribution in [3.63, 3.8) is 0 Å². The van der Waals surface area contributed by atoms with Crippen LogP contribution in [0.3, 0.4) is 0 Å². The molecule has 0 saturated carbocycles. The normalized spacial score (nSPS) is 9.57. The lowest BCUT2D eigenvalue weighted by atomic mass is 10.2. The third kappa shape index (κ3) is 2.08. The van der Waals surface area contributed by atoms with Crippen LogP contribution in [0.1, 0.15) is 10.4 Å². The number of carbonyl (C=O) groups excluding carboxylic acids is 1. The van der Waals surface area contributed by atoms with E-state index in [0.29, 0.717) is 4.47 Å². The molecule has 5 nitrogen and oxygen atoms in total. The zero-order chi connectivity index (χ0) is 10.7. The van der Waals surface area contributed by atoms with E-state index in [-0.39, 0.29) is 17.2 Å². The summed E-state index contributed by atoms with van der Waals surface area (Å²) in [6.45, 7) is 0. The van der Waals surface area contributed by atoms with Crippen molar-refractivity contribution in [2.75, 3.05) is 7.05 Å². The quantitative estimate of drug-likeness (QED) is 0.649. The first-order valence-corrected chi connectivity index (χ1v) is 4.51. The van der Waals surface area contributed by atoms with Gasteiger partial charge in [0, 0.05) is 23.7 Å². The summed E-state index contributed by atoms with van der Waals surface area (Å²) in [4.78, 5) is 21.1. The van der Waals surface area contributed by atoms with Crippen LogP contribution in [0.15, 0.2) is 22.7 Å². The van der Waals surface area contributed by atoms with Crippen molar-refractivity contribution in [1.29, 1.82) is 0 Å². The van der Waals surface area contributed by atoms with Gasteiger partial charge in [-0.25, -0.2) is 0 Å². The minimum atomic E-state index is -0.543. The van der Waals surface area contributed by atoms with Gasteiger partial charge >= 0.3 is 0 Å². The molecule has 14 heavy (non-hydrogen) atoms. The van der Waals surface area contributed by atoms with Gasteiger partial charge in [0.25, 0.3) is 11.6 Å². The van der Waals surface area contributed by atoms with Crippen LogP contribution in [0.4, 0.5) is 5.69 Å².